The van der Waals surface area contributed by atoms with Gasteiger partial charge in [-0.25, -0.2) is 4.79 Å². The van der Waals surface area contributed by atoms with Crippen LogP contribution in [0.1, 0.15) is 63.3 Å². The second-order valence-corrected chi connectivity index (χ2v) is 10.8. The Labute approximate surface area is 224 Å². The molecule has 1 amide bonds. The molecular formula is C28H34F6N2O3. The van der Waals surface area contributed by atoms with Gasteiger partial charge in [-0.05, 0) is 63.8 Å². The summed E-state index contributed by atoms with van der Waals surface area (Å²) in [4.78, 5) is 14.7. The zero-order chi connectivity index (χ0) is 29.2. The summed E-state index contributed by atoms with van der Waals surface area (Å²) < 4.78 is 93.3. The number of piperidine rings is 1. The maximum absolute atomic E-state index is 13.7. The van der Waals surface area contributed by atoms with Crippen molar-refractivity contribution in [1.82, 2.24) is 10.2 Å². The Bertz CT molecular complexity index is 1110. The maximum Gasteiger partial charge on any atom is 0.410 e. The predicted molar refractivity (Wildman–Crippen MR) is 134 cm³/mol. The van der Waals surface area contributed by atoms with Gasteiger partial charge in [0.05, 0.1) is 13.2 Å². The number of carbonyl (C=O) groups excluding carboxylic acids is 1. The van der Waals surface area contributed by atoms with Crippen molar-refractivity contribution < 1.29 is 40.6 Å². The van der Waals surface area contributed by atoms with Crippen LogP contribution in [-0.4, -0.2) is 48.6 Å². The van der Waals surface area contributed by atoms with E-state index < -0.39 is 41.1 Å². The number of halogens is 6. The van der Waals surface area contributed by atoms with Gasteiger partial charge in [0.1, 0.15) is 11.4 Å². The largest absolute Gasteiger partial charge is 0.496 e. The van der Waals surface area contributed by atoms with Gasteiger partial charge in [-0.1, -0.05) is 36.4 Å². The third-order valence-electron chi connectivity index (χ3n) is 6.95. The van der Waals surface area contributed by atoms with Crippen molar-refractivity contribution in [2.75, 3.05) is 13.7 Å². The third kappa shape index (κ3) is 6.62. The van der Waals surface area contributed by atoms with E-state index in [0.717, 1.165) is 23.8 Å². The molecule has 0 aliphatic carbocycles. The van der Waals surface area contributed by atoms with E-state index in [1.165, 1.54) is 7.11 Å². The number of likely N-dealkylation sites (tertiary alicyclic amines) is 1. The molecule has 0 radical (unpaired) electrons. The van der Waals surface area contributed by atoms with Gasteiger partial charge in [0.25, 0.3) is 0 Å². The molecule has 0 saturated carbocycles. The Kier molecular flexibility index (Phi) is 8.84. The maximum atomic E-state index is 13.7. The van der Waals surface area contributed by atoms with E-state index in [9.17, 15) is 31.1 Å². The molecule has 5 nitrogen and oxygen atoms in total. The minimum absolute atomic E-state index is 0.0844. The van der Waals surface area contributed by atoms with Gasteiger partial charge in [0.15, 0.2) is 5.41 Å². The highest BCUT2D eigenvalue weighted by Gasteiger charge is 2.68. The monoisotopic (exact) mass is 560 g/mol. The van der Waals surface area contributed by atoms with Crippen molar-refractivity contribution in [3.63, 3.8) is 0 Å². The smallest absolute Gasteiger partial charge is 0.410 e. The summed E-state index contributed by atoms with van der Waals surface area (Å²) in [6, 6.07) is 11.2. The summed E-state index contributed by atoms with van der Waals surface area (Å²) in [6.07, 6.45) is -10.4. The molecule has 0 spiro atoms. The Balaban J connectivity index is 1.96. The zero-order valence-electron chi connectivity index (χ0n) is 22.5. The van der Waals surface area contributed by atoms with E-state index in [1.807, 2.05) is 30.3 Å². The molecule has 1 fully saturated rings. The van der Waals surface area contributed by atoms with E-state index >= 15 is 0 Å². The van der Waals surface area contributed by atoms with Crippen LogP contribution < -0.4 is 10.1 Å². The first kappa shape index (κ1) is 30.6. The fourth-order valence-electron chi connectivity index (χ4n) is 4.75. The summed E-state index contributed by atoms with van der Waals surface area (Å²) in [5.74, 6) is 0.147. The van der Waals surface area contributed by atoms with Crippen molar-refractivity contribution in [3.8, 4) is 5.75 Å². The number of carbonyl (C=O) groups is 1. The van der Waals surface area contributed by atoms with Crippen LogP contribution in [0.4, 0.5) is 31.1 Å². The van der Waals surface area contributed by atoms with E-state index in [1.54, 1.807) is 25.7 Å². The number of nitrogens with one attached hydrogen (secondary N) is 1. The minimum Gasteiger partial charge on any atom is -0.496 e. The molecule has 1 saturated heterocycles. The number of hydrogen-bond acceptors (Lipinski definition) is 4. The van der Waals surface area contributed by atoms with Gasteiger partial charge in [0.2, 0.25) is 0 Å². The summed E-state index contributed by atoms with van der Waals surface area (Å²) in [6.45, 7) is 5.77. The van der Waals surface area contributed by atoms with E-state index in [-0.39, 0.29) is 30.8 Å². The van der Waals surface area contributed by atoms with Crippen LogP contribution in [0.3, 0.4) is 0 Å². The van der Waals surface area contributed by atoms with Gasteiger partial charge >= 0.3 is 18.4 Å². The van der Waals surface area contributed by atoms with E-state index in [0.29, 0.717) is 19.4 Å². The first-order chi connectivity index (χ1) is 18.0. The Morgan fingerprint density at radius 2 is 1.59 bits per heavy atom. The fourth-order valence-corrected chi connectivity index (χ4v) is 4.75. The second kappa shape index (κ2) is 11.3. The first-order valence-corrected chi connectivity index (χ1v) is 12.6. The molecule has 3 rings (SSSR count). The average Bonchev–Trinajstić information content (AvgIpc) is 2.84. The molecule has 11 heteroatoms. The van der Waals surface area contributed by atoms with E-state index in [4.69, 9.17) is 9.47 Å². The molecule has 0 aromatic heterocycles. The van der Waals surface area contributed by atoms with Gasteiger partial charge in [-0.15, -0.1) is 0 Å². The normalized spacial score (nSPS) is 19.1. The van der Waals surface area contributed by atoms with Crippen molar-refractivity contribution in [1.29, 1.82) is 0 Å². The molecule has 0 bridgehead atoms. The molecule has 2 aromatic rings. The highest BCUT2D eigenvalue weighted by molar-refractivity contribution is 5.69. The lowest BCUT2D eigenvalue weighted by molar-refractivity contribution is -0.297. The Hall–Kier alpha value is -2.95. The standard InChI is InChI=1S/C28H34F6N2O3/c1-25(2,3)39-24(37)36-15-9-12-21(23(36)18-10-7-6-8-11-18)35-17-19-16-20(13-14-22(19)38-5)26(4,27(29,30)31)28(32,33)34/h6-8,10-11,13-14,16,21,23,35H,9,12,15,17H2,1-5H3. The predicted octanol–water partition coefficient (Wildman–Crippen LogP) is 7.31. The molecule has 1 aliphatic heterocycles. The molecular weight excluding hydrogens is 526 g/mol. The SMILES string of the molecule is COc1ccc(C(C)(C(F)(F)F)C(F)(F)F)cc1CNC1CCCN(C(=O)OC(C)(C)C)C1c1ccccc1. The molecule has 2 atom stereocenters. The molecule has 2 aromatic carbocycles. The topological polar surface area (TPSA) is 50.8 Å². The van der Waals surface area contributed by atoms with Crippen molar-refractivity contribution >= 4 is 6.09 Å². The zero-order valence-corrected chi connectivity index (χ0v) is 22.5. The lowest BCUT2D eigenvalue weighted by atomic mass is 9.80. The number of benzene rings is 2. The summed E-state index contributed by atoms with van der Waals surface area (Å²) in [5.41, 5.74) is -4.76. The molecule has 39 heavy (non-hydrogen) atoms. The van der Waals surface area contributed by atoms with Crippen molar-refractivity contribution in [2.45, 2.75) is 82.5 Å². The molecule has 1 N–H and O–H groups in total. The number of hydrogen-bond donors (Lipinski definition) is 1. The van der Waals surface area contributed by atoms with Crippen molar-refractivity contribution in [2.24, 2.45) is 0 Å². The Morgan fingerprint density at radius 1 is 0.974 bits per heavy atom. The summed E-state index contributed by atoms with van der Waals surface area (Å²) >= 11 is 0. The van der Waals surface area contributed by atoms with Gasteiger partial charge < -0.3 is 14.8 Å². The molecule has 1 heterocycles. The number of ether oxygens (including phenoxy) is 2. The Morgan fingerprint density at radius 3 is 2.13 bits per heavy atom. The van der Waals surface area contributed by atoms with Gasteiger partial charge in [0, 0.05) is 24.7 Å². The second-order valence-electron chi connectivity index (χ2n) is 10.8. The van der Waals surface area contributed by atoms with Crippen LogP contribution in [0, 0.1) is 0 Å². The number of alkyl halides is 6. The highest BCUT2D eigenvalue weighted by atomic mass is 19.4. The van der Waals surface area contributed by atoms with E-state index in [2.05, 4.69) is 5.32 Å². The molecule has 2 unspecified atom stereocenters. The number of nitrogens with zero attached hydrogens (tertiary/aromatic N) is 1. The van der Waals surface area contributed by atoms with Gasteiger partial charge in [-0.3, -0.25) is 4.90 Å². The quantitative estimate of drug-likeness (QED) is 0.377. The van der Waals surface area contributed by atoms with Crippen LogP contribution in [0.2, 0.25) is 0 Å². The van der Waals surface area contributed by atoms with Crippen LogP contribution >= 0.6 is 0 Å². The number of amides is 1. The lowest BCUT2D eigenvalue weighted by Crippen LogP contribution is -2.52. The first-order valence-electron chi connectivity index (χ1n) is 12.6. The van der Waals surface area contributed by atoms with Crippen LogP contribution in [0.15, 0.2) is 48.5 Å². The van der Waals surface area contributed by atoms with Crippen molar-refractivity contribution in [3.05, 3.63) is 65.2 Å². The van der Waals surface area contributed by atoms with Crippen LogP contribution in [0.25, 0.3) is 0 Å². The summed E-state index contributed by atoms with van der Waals surface area (Å²) in [7, 11) is 1.29. The summed E-state index contributed by atoms with van der Waals surface area (Å²) in [5, 5.41) is 3.27. The lowest BCUT2D eigenvalue weighted by Gasteiger charge is -2.42. The third-order valence-corrected chi connectivity index (χ3v) is 6.95. The minimum atomic E-state index is -5.57. The fraction of sp³-hybridized carbons (Fsp3) is 0.536. The van der Waals surface area contributed by atoms with Crippen LogP contribution in [0.5, 0.6) is 5.75 Å². The van der Waals surface area contributed by atoms with Crippen LogP contribution in [-0.2, 0) is 16.7 Å². The number of methoxy groups -OCH3 is 1. The number of rotatable bonds is 6. The molecule has 1 aliphatic rings. The van der Waals surface area contributed by atoms with Gasteiger partial charge in [-0.2, -0.15) is 26.3 Å². The highest BCUT2D eigenvalue weighted by Crippen LogP contribution is 2.52. The molecule has 216 valence electrons. The average molecular weight is 561 g/mol.